The summed E-state index contributed by atoms with van der Waals surface area (Å²) < 4.78 is 13.3. The number of hydrogen-bond donors (Lipinski definition) is 5. The first-order valence-corrected chi connectivity index (χ1v) is 12.2. The number of carbonyl (C=O) groups is 3. The van der Waals surface area contributed by atoms with Crippen molar-refractivity contribution in [1.29, 1.82) is 0 Å². The average molecular weight is 553 g/mol. The zero-order valence-corrected chi connectivity index (χ0v) is 21.8. The van der Waals surface area contributed by atoms with Crippen LogP contribution in [0.1, 0.15) is 31.9 Å². The number of benzene rings is 1. The van der Waals surface area contributed by atoms with Crippen molar-refractivity contribution < 1.29 is 29.0 Å². The molecule has 2 aromatic heterocycles. The molecule has 0 spiro atoms. The van der Waals surface area contributed by atoms with Crippen LogP contribution in [0.3, 0.4) is 0 Å². The van der Waals surface area contributed by atoms with Crippen molar-refractivity contribution in [2.24, 2.45) is 0 Å². The molecule has 1 aromatic carbocycles. The number of carboxylic acids is 2. The third kappa shape index (κ3) is 9.63. The van der Waals surface area contributed by atoms with Gasteiger partial charge in [-0.2, -0.15) is 9.97 Å². The molecule has 1 saturated heterocycles. The van der Waals surface area contributed by atoms with E-state index in [4.69, 9.17) is 15.2 Å². The highest BCUT2D eigenvalue weighted by molar-refractivity contribution is 5.89. The van der Waals surface area contributed by atoms with Gasteiger partial charge in [-0.3, -0.25) is 9.78 Å². The van der Waals surface area contributed by atoms with Crippen LogP contribution in [-0.4, -0.2) is 67.1 Å². The lowest BCUT2D eigenvalue weighted by Crippen LogP contribution is -2.35. The summed E-state index contributed by atoms with van der Waals surface area (Å²) in [5.41, 5.74) is 0.913. The van der Waals surface area contributed by atoms with Crippen molar-refractivity contribution in [3.8, 4) is 0 Å². The predicted molar refractivity (Wildman–Crippen MR) is 145 cm³/mol. The van der Waals surface area contributed by atoms with Gasteiger partial charge in [-0.05, 0) is 31.0 Å². The van der Waals surface area contributed by atoms with Crippen LogP contribution in [-0.2, 0) is 14.4 Å². The van der Waals surface area contributed by atoms with E-state index in [1.54, 1.807) is 30.7 Å². The molecule has 14 heteroatoms. The van der Waals surface area contributed by atoms with Crippen LogP contribution in [0.15, 0.2) is 61.1 Å². The fourth-order valence-electron chi connectivity index (χ4n) is 3.76. The summed E-state index contributed by atoms with van der Waals surface area (Å²) in [5.74, 6) is -0.557. The Balaban J connectivity index is 0.000000482. The van der Waals surface area contributed by atoms with Crippen LogP contribution in [0.2, 0.25) is 0 Å². The van der Waals surface area contributed by atoms with Gasteiger partial charge in [0.1, 0.15) is 23.3 Å². The van der Waals surface area contributed by atoms with Crippen LogP contribution < -0.4 is 20.9 Å². The SMILES string of the molecule is CC(=O)N[C@H]1CCN(c2cc(Nc3cnccn3)nc(N[C@@H](C)c3ccc(F)cc3)n2)C1.O=C(O)C=CC(=O)O. The van der Waals surface area contributed by atoms with Gasteiger partial charge in [0.15, 0.2) is 0 Å². The van der Waals surface area contributed by atoms with E-state index in [2.05, 4.69) is 35.8 Å². The summed E-state index contributed by atoms with van der Waals surface area (Å²) >= 11 is 0. The second kappa shape index (κ2) is 14.1. The molecule has 3 heterocycles. The minimum absolute atomic E-state index is 0.0416. The maximum absolute atomic E-state index is 13.3. The number of nitrogens with one attached hydrogen (secondary N) is 3. The number of carbonyl (C=O) groups excluding carboxylic acids is 1. The number of amides is 1. The summed E-state index contributed by atoms with van der Waals surface area (Å²) in [4.78, 5) is 50.2. The minimum Gasteiger partial charge on any atom is -0.478 e. The van der Waals surface area contributed by atoms with Gasteiger partial charge in [0.25, 0.3) is 0 Å². The monoisotopic (exact) mass is 552 g/mol. The zero-order valence-electron chi connectivity index (χ0n) is 21.8. The summed E-state index contributed by atoms with van der Waals surface area (Å²) in [7, 11) is 0. The van der Waals surface area contributed by atoms with E-state index >= 15 is 0 Å². The highest BCUT2D eigenvalue weighted by atomic mass is 19.1. The highest BCUT2D eigenvalue weighted by Crippen LogP contribution is 2.26. The van der Waals surface area contributed by atoms with Gasteiger partial charge in [-0.15, -0.1) is 0 Å². The molecule has 1 amide bonds. The molecule has 0 bridgehead atoms. The Morgan fingerprint density at radius 2 is 1.77 bits per heavy atom. The van der Waals surface area contributed by atoms with E-state index in [1.807, 2.05) is 13.0 Å². The van der Waals surface area contributed by atoms with Crippen molar-refractivity contribution >= 4 is 41.2 Å². The maximum Gasteiger partial charge on any atom is 0.328 e. The number of rotatable bonds is 9. The quantitative estimate of drug-likeness (QED) is 0.245. The molecule has 5 N–H and O–H groups in total. The van der Waals surface area contributed by atoms with Gasteiger partial charge in [-0.1, -0.05) is 12.1 Å². The van der Waals surface area contributed by atoms with Gasteiger partial charge >= 0.3 is 11.9 Å². The van der Waals surface area contributed by atoms with E-state index in [0.717, 1.165) is 24.3 Å². The second-order valence-electron chi connectivity index (χ2n) is 8.71. The fourth-order valence-corrected chi connectivity index (χ4v) is 3.76. The van der Waals surface area contributed by atoms with Crippen molar-refractivity contribution in [3.05, 3.63) is 72.5 Å². The molecule has 40 heavy (non-hydrogen) atoms. The van der Waals surface area contributed by atoms with E-state index in [-0.39, 0.29) is 23.8 Å². The molecule has 13 nitrogen and oxygen atoms in total. The molecule has 210 valence electrons. The van der Waals surface area contributed by atoms with Crippen molar-refractivity contribution in [1.82, 2.24) is 25.3 Å². The topological polar surface area (TPSA) is 183 Å². The first-order chi connectivity index (χ1) is 19.1. The second-order valence-corrected chi connectivity index (χ2v) is 8.71. The van der Waals surface area contributed by atoms with Crippen LogP contribution >= 0.6 is 0 Å². The molecular formula is C26H29FN8O5. The lowest BCUT2D eigenvalue weighted by atomic mass is 10.1. The van der Waals surface area contributed by atoms with Crippen LogP contribution in [0.5, 0.6) is 0 Å². The Morgan fingerprint density at radius 1 is 1.07 bits per heavy atom. The molecule has 3 aromatic rings. The summed E-state index contributed by atoms with van der Waals surface area (Å²) in [5, 5.41) is 25.0. The van der Waals surface area contributed by atoms with Gasteiger partial charge in [0.05, 0.1) is 12.2 Å². The Labute approximate surface area is 229 Å². The molecule has 2 atom stereocenters. The summed E-state index contributed by atoms with van der Waals surface area (Å²) in [6.07, 6.45) is 6.76. The normalized spacial score (nSPS) is 15.1. The standard InChI is InChI=1S/C22H25FN8O.C4H4O4/c1-14(16-3-5-17(23)6-4-16)26-22-29-19(28-20-12-24-8-9-25-20)11-21(30-22)31-10-7-18(13-31)27-15(2)32;5-3(6)1-2-4(7)8/h3-6,8-9,11-12,14,18H,7,10,13H2,1-2H3,(H,27,32)(H2,25,26,28,29,30);1-2H,(H,5,6)(H,7,8)/t14-,18-;/m0./s1. The Kier molecular flexibility index (Phi) is 10.4. The molecule has 0 saturated carbocycles. The van der Waals surface area contributed by atoms with E-state index < -0.39 is 11.9 Å². The maximum atomic E-state index is 13.3. The average Bonchev–Trinajstić information content (AvgIpc) is 3.36. The smallest absolute Gasteiger partial charge is 0.328 e. The Hall–Kier alpha value is -5.14. The van der Waals surface area contributed by atoms with Gasteiger partial charge < -0.3 is 31.1 Å². The molecule has 1 fully saturated rings. The van der Waals surface area contributed by atoms with Crippen molar-refractivity contribution in [2.45, 2.75) is 32.4 Å². The van der Waals surface area contributed by atoms with Crippen LogP contribution in [0.25, 0.3) is 0 Å². The zero-order chi connectivity index (χ0) is 29.1. The predicted octanol–water partition coefficient (Wildman–Crippen LogP) is 2.75. The molecule has 1 aliphatic heterocycles. The number of hydrogen-bond acceptors (Lipinski definition) is 10. The summed E-state index contributed by atoms with van der Waals surface area (Å²) in [6.45, 7) is 4.91. The van der Waals surface area contributed by atoms with Crippen LogP contribution in [0, 0.1) is 5.82 Å². The van der Waals surface area contributed by atoms with Crippen molar-refractivity contribution in [3.63, 3.8) is 0 Å². The molecule has 0 radical (unpaired) electrons. The summed E-state index contributed by atoms with van der Waals surface area (Å²) in [6, 6.07) is 8.10. The first kappa shape index (κ1) is 29.4. The van der Waals surface area contributed by atoms with Crippen molar-refractivity contribution in [2.75, 3.05) is 28.6 Å². The molecule has 0 unspecified atom stereocenters. The third-order valence-corrected chi connectivity index (χ3v) is 5.54. The third-order valence-electron chi connectivity index (χ3n) is 5.54. The van der Waals surface area contributed by atoms with Gasteiger partial charge in [-0.25, -0.2) is 19.0 Å². The minimum atomic E-state index is -1.26. The number of carboxylic acid groups (broad SMARTS) is 2. The van der Waals surface area contributed by atoms with E-state index in [0.29, 0.717) is 36.3 Å². The van der Waals surface area contributed by atoms with E-state index in [1.165, 1.54) is 19.1 Å². The number of nitrogens with zero attached hydrogens (tertiary/aromatic N) is 5. The van der Waals surface area contributed by atoms with Gasteiger partial charge in [0, 0.05) is 56.7 Å². The lowest BCUT2D eigenvalue weighted by molar-refractivity contribution is -0.134. The molecule has 1 aliphatic rings. The number of aromatic nitrogens is 4. The number of halogens is 1. The first-order valence-electron chi connectivity index (χ1n) is 12.2. The number of anilines is 4. The molecular weight excluding hydrogens is 523 g/mol. The molecule has 0 aliphatic carbocycles. The largest absolute Gasteiger partial charge is 0.478 e. The highest BCUT2D eigenvalue weighted by Gasteiger charge is 2.25. The van der Waals surface area contributed by atoms with Gasteiger partial charge in [0.2, 0.25) is 11.9 Å². The Bertz CT molecular complexity index is 1320. The van der Waals surface area contributed by atoms with E-state index in [9.17, 15) is 18.8 Å². The fraction of sp³-hybridized carbons (Fsp3) is 0.269. The Morgan fingerprint density at radius 3 is 2.38 bits per heavy atom. The lowest BCUT2D eigenvalue weighted by Gasteiger charge is -2.21. The molecule has 4 rings (SSSR count). The number of aliphatic carboxylic acids is 2. The van der Waals surface area contributed by atoms with Crippen LogP contribution in [0.4, 0.5) is 27.8 Å².